The Balaban J connectivity index is -0.0000000855. The van der Waals surface area contributed by atoms with Crippen molar-refractivity contribution in [2.75, 3.05) is 0 Å². The third-order valence-corrected chi connectivity index (χ3v) is 1.13. The van der Waals surface area contributed by atoms with Gasteiger partial charge < -0.3 is 15.4 Å². The van der Waals surface area contributed by atoms with E-state index in [1.165, 1.54) is 13.8 Å². The molecule has 0 radical (unpaired) electrons. The molecule has 0 aromatic carbocycles. The predicted molar refractivity (Wildman–Crippen MR) is 69.5 cm³/mol. The molecule has 0 aliphatic heterocycles. The fourth-order valence-electron chi connectivity index (χ4n) is 0.236. The maximum absolute atomic E-state index is 9.66. The van der Waals surface area contributed by atoms with Crippen LogP contribution < -0.4 is 35.3 Å². The standard InChI is InChI=1S/C3H5NO.C3H8O4S.CH2OS2.Na/c1-2-3(4)5;1-3(2)7-8(4,5)6;2-1(3)4;/h2H,1H2,(H2,4,5);3H,1-2H3,(H,4,5,6);(H2,2,3,4);/q;;;+1/p-1. The van der Waals surface area contributed by atoms with Crippen molar-refractivity contribution in [1.29, 1.82) is 0 Å². The molecule has 0 atom stereocenters. The number of carbonyl (C=O) groups excluding carboxylic acids is 1. The van der Waals surface area contributed by atoms with Crippen LogP contribution in [0, 0.1) is 0 Å². The molecule has 0 spiro atoms. The fourth-order valence-corrected chi connectivity index (χ4v) is 0.707. The van der Waals surface area contributed by atoms with Gasteiger partial charge in [-0.1, -0.05) is 19.2 Å². The molecule has 18 heavy (non-hydrogen) atoms. The molecule has 7 nitrogen and oxygen atoms in total. The molecule has 0 rings (SSSR count). The van der Waals surface area contributed by atoms with Gasteiger partial charge in [-0.25, -0.2) is 8.42 Å². The molecule has 0 aliphatic rings. The van der Waals surface area contributed by atoms with Crippen LogP contribution in [-0.2, 0) is 19.4 Å². The van der Waals surface area contributed by atoms with E-state index in [2.05, 4.69) is 41.3 Å². The molecule has 0 aromatic rings. The van der Waals surface area contributed by atoms with Crippen LogP contribution in [-0.4, -0.2) is 34.5 Å². The van der Waals surface area contributed by atoms with E-state index in [9.17, 15) is 17.8 Å². The zero-order chi connectivity index (χ0) is 14.6. The predicted octanol–water partition coefficient (Wildman–Crippen LogP) is -2.71. The molecule has 11 heteroatoms. The van der Waals surface area contributed by atoms with Crippen molar-refractivity contribution < 1.29 is 56.6 Å². The van der Waals surface area contributed by atoms with Gasteiger partial charge in [0.1, 0.15) is 0 Å². The second-order valence-corrected chi connectivity index (χ2v) is 4.56. The van der Waals surface area contributed by atoms with Crippen molar-refractivity contribution in [1.82, 2.24) is 0 Å². The number of nitrogens with two attached hydrogens (primary N) is 1. The molecule has 0 saturated heterocycles. The molecule has 0 fully saturated rings. The van der Waals surface area contributed by atoms with Gasteiger partial charge in [-0.15, -0.1) is 0 Å². The number of carbonyl (C=O) groups is 1. The number of thiol groups is 1. The Labute approximate surface area is 139 Å². The summed E-state index contributed by atoms with van der Waals surface area (Å²) in [5.41, 5.74) is 4.53. The minimum Gasteiger partial charge on any atom is -0.726 e. The molecule has 0 aromatic heterocycles. The Morgan fingerprint density at radius 2 is 1.83 bits per heavy atom. The van der Waals surface area contributed by atoms with Gasteiger partial charge in [-0.2, -0.15) is 0 Å². The average molecular weight is 327 g/mol. The maximum atomic E-state index is 9.66. The van der Waals surface area contributed by atoms with Crippen molar-refractivity contribution in [3.63, 3.8) is 0 Å². The number of thiocarbonyl (C=S) groups is 1. The van der Waals surface area contributed by atoms with Crippen molar-refractivity contribution in [3.8, 4) is 0 Å². The average Bonchev–Trinajstić information content (AvgIpc) is 1.98. The summed E-state index contributed by atoms with van der Waals surface area (Å²) in [7, 11) is -4.47. The first-order chi connectivity index (χ1) is 7.42. The molecule has 0 saturated carbocycles. The zero-order valence-corrected chi connectivity index (χ0v) is 14.7. The third-order valence-electron chi connectivity index (χ3n) is 0.511. The third kappa shape index (κ3) is 71.5. The summed E-state index contributed by atoms with van der Waals surface area (Å²) >= 11 is 7.21. The Bertz CT molecular complexity index is 339. The van der Waals surface area contributed by atoms with E-state index in [1.807, 2.05) is 0 Å². The molecule has 0 aliphatic carbocycles. The fraction of sp³-hybridized carbons (Fsp3) is 0.429. The first-order valence-electron chi connectivity index (χ1n) is 3.90. The Morgan fingerprint density at radius 3 is 1.83 bits per heavy atom. The summed E-state index contributed by atoms with van der Waals surface area (Å²) in [6.45, 7) is 6.02. The topological polar surface area (TPSA) is 130 Å². The Morgan fingerprint density at radius 1 is 1.61 bits per heavy atom. The number of rotatable bonds is 3. The summed E-state index contributed by atoms with van der Waals surface area (Å²) in [4.78, 5) is 9.47. The summed E-state index contributed by atoms with van der Waals surface area (Å²) in [6, 6.07) is 0. The van der Waals surface area contributed by atoms with Gasteiger partial charge in [-0.05, 0) is 32.1 Å². The van der Waals surface area contributed by atoms with Crippen molar-refractivity contribution in [3.05, 3.63) is 12.7 Å². The SMILES string of the molecule is C=CC(N)=O.CC(C)OS(=O)(=O)[O-].OC(=S)S.[Na+]. The molecule has 102 valence electrons. The van der Waals surface area contributed by atoms with Crippen molar-refractivity contribution in [2.24, 2.45) is 5.73 Å². The van der Waals surface area contributed by atoms with Crippen LogP contribution in [0.1, 0.15) is 13.8 Å². The van der Waals surface area contributed by atoms with E-state index >= 15 is 0 Å². The van der Waals surface area contributed by atoms with Gasteiger partial charge >= 0.3 is 29.6 Å². The normalized spacial score (nSPS) is 8.72. The van der Waals surface area contributed by atoms with E-state index < -0.39 is 22.4 Å². The Hall–Kier alpha value is 0.320. The molecule has 0 bridgehead atoms. The summed E-state index contributed by atoms with van der Waals surface area (Å²) in [5.74, 6) is -0.481. The summed E-state index contributed by atoms with van der Waals surface area (Å²) in [6.07, 6.45) is 0.498. The number of aliphatic hydroxyl groups excluding tert-OH is 1. The van der Waals surface area contributed by atoms with Crippen LogP contribution in [0.25, 0.3) is 0 Å². The van der Waals surface area contributed by atoms with Gasteiger partial charge in [0.2, 0.25) is 20.7 Å². The number of aliphatic hydroxyl groups is 1. The summed E-state index contributed by atoms with van der Waals surface area (Å²) < 4.78 is 32.5. The molecule has 0 unspecified atom stereocenters. The van der Waals surface area contributed by atoms with Crippen molar-refractivity contribution >= 4 is 45.5 Å². The number of primary amides is 1. The van der Waals surface area contributed by atoms with Crippen LogP contribution in [0.5, 0.6) is 0 Å². The Kier molecular flexibility index (Phi) is 22.9. The molecular weight excluding hydrogens is 313 g/mol. The van der Waals surface area contributed by atoms with E-state index in [-0.39, 0.29) is 33.9 Å². The first kappa shape index (κ1) is 26.8. The van der Waals surface area contributed by atoms with E-state index in [0.717, 1.165) is 6.08 Å². The molecular formula is C7H14NNaO6S3. The number of hydrogen-bond donors (Lipinski definition) is 3. The monoisotopic (exact) mass is 327 g/mol. The first-order valence-corrected chi connectivity index (χ1v) is 6.09. The van der Waals surface area contributed by atoms with Gasteiger partial charge in [0, 0.05) is 0 Å². The van der Waals surface area contributed by atoms with E-state index in [0.29, 0.717) is 0 Å². The molecule has 0 heterocycles. The van der Waals surface area contributed by atoms with Crippen LogP contribution >= 0.6 is 24.8 Å². The quantitative estimate of drug-likeness (QED) is 0.128. The second kappa shape index (κ2) is 15.4. The smallest absolute Gasteiger partial charge is 0.726 e. The second-order valence-electron chi connectivity index (χ2n) is 2.44. The maximum Gasteiger partial charge on any atom is 1.00 e. The summed E-state index contributed by atoms with van der Waals surface area (Å²) in [5, 5.41) is 7.65. The van der Waals surface area contributed by atoms with Gasteiger partial charge in [0.05, 0.1) is 6.10 Å². The minimum absolute atomic E-state index is 0. The van der Waals surface area contributed by atoms with Crippen molar-refractivity contribution in [2.45, 2.75) is 20.0 Å². The minimum atomic E-state index is -4.47. The van der Waals surface area contributed by atoms with Crippen LogP contribution in [0.15, 0.2) is 12.7 Å². The number of amides is 1. The number of hydrogen-bond acceptors (Lipinski definition) is 6. The van der Waals surface area contributed by atoms with E-state index in [4.69, 9.17) is 5.11 Å². The van der Waals surface area contributed by atoms with Gasteiger partial charge in [0.25, 0.3) is 0 Å². The molecule has 1 amide bonds. The van der Waals surface area contributed by atoms with Gasteiger partial charge in [-0.3, -0.25) is 8.98 Å². The van der Waals surface area contributed by atoms with Crippen LogP contribution in [0.4, 0.5) is 0 Å². The molecule has 3 N–H and O–H groups in total. The van der Waals surface area contributed by atoms with Crippen LogP contribution in [0.3, 0.4) is 0 Å². The van der Waals surface area contributed by atoms with E-state index in [1.54, 1.807) is 0 Å². The largest absolute Gasteiger partial charge is 1.00 e. The van der Waals surface area contributed by atoms with Gasteiger partial charge in [0.15, 0.2) is 0 Å². The van der Waals surface area contributed by atoms with Crippen LogP contribution in [0.2, 0.25) is 0 Å². The zero-order valence-electron chi connectivity index (χ0n) is 10.2.